The van der Waals surface area contributed by atoms with E-state index in [0.717, 1.165) is 0 Å². The van der Waals surface area contributed by atoms with Gasteiger partial charge in [0.1, 0.15) is 0 Å². The molecule has 2 nitrogen and oxygen atoms in total. The summed E-state index contributed by atoms with van der Waals surface area (Å²) in [4.78, 5) is 0. The van der Waals surface area contributed by atoms with Crippen LogP contribution in [0.4, 0.5) is 0 Å². The molecule has 18 heavy (non-hydrogen) atoms. The van der Waals surface area contributed by atoms with Gasteiger partial charge in [0.15, 0.2) is 0 Å². The average molecular weight is 256 g/mol. The van der Waals surface area contributed by atoms with Crippen molar-refractivity contribution in [1.29, 1.82) is 0 Å². The standard InChI is InChI=1S/C16H36N2/c1-5-17(6-2,7-3)13-9-10-14-18(8-4)15-11-12-16-18/h5-16H2,1-4H3/q+2. The number of unbranched alkanes of at least 4 members (excludes halogenated alkanes) is 1. The highest BCUT2D eigenvalue weighted by Gasteiger charge is 2.29. The minimum atomic E-state index is 1.31. The van der Waals surface area contributed by atoms with Crippen molar-refractivity contribution in [2.24, 2.45) is 0 Å². The average Bonchev–Trinajstić information content (AvgIpc) is 2.89. The molecule has 2 heteroatoms. The molecule has 0 N–H and O–H groups in total. The molecule has 1 heterocycles. The molecule has 0 radical (unpaired) electrons. The molecule has 1 rings (SSSR count). The van der Waals surface area contributed by atoms with Crippen molar-refractivity contribution in [2.75, 3.05) is 52.4 Å². The number of likely N-dealkylation sites (tertiary alicyclic amines) is 1. The Hall–Kier alpha value is -0.0800. The molecule has 1 aliphatic heterocycles. The van der Waals surface area contributed by atoms with E-state index in [0.29, 0.717) is 0 Å². The smallest absolute Gasteiger partial charge is 0.0788 e. The van der Waals surface area contributed by atoms with Crippen LogP contribution >= 0.6 is 0 Å². The van der Waals surface area contributed by atoms with E-state index in [4.69, 9.17) is 0 Å². The van der Waals surface area contributed by atoms with Gasteiger partial charge in [0.25, 0.3) is 0 Å². The lowest BCUT2D eigenvalue weighted by Crippen LogP contribution is -2.49. The van der Waals surface area contributed by atoms with Crippen LogP contribution in [0.5, 0.6) is 0 Å². The lowest BCUT2D eigenvalue weighted by molar-refractivity contribution is -0.926. The minimum absolute atomic E-state index is 1.31. The van der Waals surface area contributed by atoms with Crippen LogP contribution in [0.3, 0.4) is 0 Å². The zero-order chi connectivity index (χ0) is 13.5. The maximum Gasteiger partial charge on any atom is 0.0788 e. The monoisotopic (exact) mass is 256 g/mol. The molecule has 1 fully saturated rings. The molecule has 0 spiro atoms. The molecule has 0 amide bonds. The van der Waals surface area contributed by atoms with E-state index in [1.165, 1.54) is 87.0 Å². The van der Waals surface area contributed by atoms with Crippen molar-refractivity contribution in [3.8, 4) is 0 Å². The van der Waals surface area contributed by atoms with E-state index in [-0.39, 0.29) is 0 Å². The predicted molar refractivity (Wildman–Crippen MR) is 80.6 cm³/mol. The van der Waals surface area contributed by atoms with Gasteiger partial charge in [-0.15, -0.1) is 0 Å². The van der Waals surface area contributed by atoms with Crippen molar-refractivity contribution in [2.45, 2.75) is 53.4 Å². The van der Waals surface area contributed by atoms with Gasteiger partial charge in [-0.1, -0.05) is 0 Å². The zero-order valence-corrected chi connectivity index (χ0v) is 13.4. The highest BCUT2D eigenvalue weighted by atomic mass is 15.4. The van der Waals surface area contributed by atoms with Crippen LogP contribution in [0.1, 0.15) is 53.4 Å². The summed E-state index contributed by atoms with van der Waals surface area (Å²) in [5.74, 6) is 0. The lowest BCUT2D eigenvalue weighted by atomic mass is 10.2. The van der Waals surface area contributed by atoms with E-state index in [1.807, 2.05) is 0 Å². The highest BCUT2D eigenvalue weighted by molar-refractivity contribution is 4.54. The molecule has 108 valence electrons. The Morgan fingerprint density at radius 3 is 1.83 bits per heavy atom. The maximum absolute atomic E-state index is 2.38. The topological polar surface area (TPSA) is 0 Å². The first kappa shape index (κ1) is 16.0. The Morgan fingerprint density at radius 2 is 1.39 bits per heavy atom. The molecular formula is C16H36N2+2. The molecule has 0 unspecified atom stereocenters. The summed E-state index contributed by atoms with van der Waals surface area (Å²) in [6.45, 7) is 20.5. The van der Waals surface area contributed by atoms with E-state index in [9.17, 15) is 0 Å². The molecule has 0 aromatic rings. The first-order chi connectivity index (χ1) is 8.66. The van der Waals surface area contributed by atoms with E-state index < -0.39 is 0 Å². The highest BCUT2D eigenvalue weighted by Crippen LogP contribution is 2.20. The fraction of sp³-hybridized carbons (Fsp3) is 1.00. The number of nitrogens with zero attached hydrogens (tertiary/aromatic N) is 2. The number of quaternary nitrogens is 2. The molecule has 0 aromatic carbocycles. The Labute approximate surface area is 115 Å². The summed E-state index contributed by atoms with van der Waals surface area (Å²) in [6, 6.07) is 0. The largest absolute Gasteiger partial charge is 0.324 e. The van der Waals surface area contributed by atoms with E-state index in [2.05, 4.69) is 27.7 Å². The summed E-state index contributed by atoms with van der Waals surface area (Å²) < 4.78 is 2.75. The van der Waals surface area contributed by atoms with Crippen LogP contribution in [-0.2, 0) is 0 Å². The third-order valence-electron chi connectivity index (χ3n) is 5.71. The van der Waals surface area contributed by atoms with Gasteiger partial charge in [-0.05, 0) is 27.7 Å². The quantitative estimate of drug-likeness (QED) is 0.439. The van der Waals surface area contributed by atoms with Gasteiger partial charge in [0.2, 0.25) is 0 Å². The molecule has 0 bridgehead atoms. The van der Waals surface area contributed by atoms with E-state index >= 15 is 0 Å². The summed E-state index contributed by atoms with van der Waals surface area (Å²) >= 11 is 0. The van der Waals surface area contributed by atoms with Crippen molar-refractivity contribution in [1.82, 2.24) is 0 Å². The second kappa shape index (κ2) is 7.49. The number of hydrogen-bond acceptors (Lipinski definition) is 0. The summed E-state index contributed by atoms with van der Waals surface area (Å²) in [6.07, 6.45) is 5.79. The number of rotatable bonds is 9. The molecule has 0 saturated carbocycles. The zero-order valence-electron chi connectivity index (χ0n) is 13.4. The van der Waals surface area contributed by atoms with Crippen LogP contribution in [0.15, 0.2) is 0 Å². The normalized spacial score (nSPS) is 19.3. The molecule has 1 saturated heterocycles. The Balaban J connectivity index is 2.29. The van der Waals surface area contributed by atoms with Gasteiger partial charge in [-0.25, -0.2) is 0 Å². The van der Waals surface area contributed by atoms with Gasteiger partial charge in [0, 0.05) is 25.7 Å². The Morgan fingerprint density at radius 1 is 0.833 bits per heavy atom. The van der Waals surface area contributed by atoms with Crippen LogP contribution in [0.2, 0.25) is 0 Å². The molecule has 1 aliphatic rings. The number of hydrogen-bond donors (Lipinski definition) is 0. The maximum atomic E-state index is 2.38. The minimum Gasteiger partial charge on any atom is -0.324 e. The van der Waals surface area contributed by atoms with Crippen molar-refractivity contribution in [3.05, 3.63) is 0 Å². The Kier molecular flexibility index (Phi) is 6.65. The van der Waals surface area contributed by atoms with Gasteiger partial charge in [-0.3, -0.25) is 0 Å². The third-order valence-corrected chi connectivity index (χ3v) is 5.71. The van der Waals surface area contributed by atoms with Crippen molar-refractivity contribution in [3.63, 3.8) is 0 Å². The first-order valence-electron chi connectivity index (χ1n) is 8.36. The van der Waals surface area contributed by atoms with Gasteiger partial charge in [-0.2, -0.15) is 0 Å². The van der Waals surface area contributed by atoms with Gasteiger partial charge >= 0.3 is 0 Å². The van der Waals surface area contributed by atoms with Crippen LogP contribution < -0.4 is 0 Å². The Bertz CT molecular complexity index is 196. The van der Waals surface area contributed by atoms with Crippen molar-refractivity contribution < 1.29 is 8.97 Å². The van der Waals surface area contributed by atoms with Crippen LogP contribution in [-0.4, -0.2) is 61.3 Å². The second-order valence-corrected chi connectivity index (χ2v) is 6.26. The second-order valence-electron chi connectivity index (χ2n) is 6.26. The summed E-state index contributed by atoms with van der Waals surface area (Å²) in [5.41, 5.74) is 0. The van der Waals surface area contributed by atoms with Crippen LogP contribution in [0.25, 0.3) is 0 Å². The predicted octanol–water partition coefficient (Wildman–Crippen LogP) is 3.27. The summed E-state index contributed by atoms with van der Waals surface area (Å²) in [7, 11) is 0. The molecular weight excluding hydrogens is 220 g/mol. The van der Waals surface area contributed by atoms with Gasteiger partial charge < -0.3 is 8.97 Å². The van der Waals surface area contributed by atoms with Crippen molar-refractivity contribution >= 4 is 0 Å². The van der Waals surface area contributed by atoms with Crippen LogP contribution in [0, 0.1) is 0 Å². The SMILES string of the molecule is CC[N+](CC)(CC)CCCC[N+]1(CC)CCCC1. The third kappa shape index (κ3) is 3.96. The van der Waals surface area contributed by atoms with E-state index in [1.54, 1.807) is 0 Å². The summed E-state index contributed by atoms with van der Waals surface area (Å²) in [5, 5.41) is 0. The fourth-order valence-corrected chi connectivity index (χ4v) is 3.74. The molecule has 0 aliphatic carbocycles. The lowest BCUT2D eigenvalue weighted by Gasteiger charge is -2.37. The molecule has 0 atom stereocenters. The molecule has 0 aromatic heterocycles. The van der Waals surface area contributed by atoms with Gasteiger partial charge in [0.05, 0.1) is 52.4 Å². The first-order valence-corrected chi connectivity index (χ1v) is 8.36. The fourth-order valence-electron chi connectivity index (χ4n) is 3.74.